The molecule has 2 heterocycles. The molecule has 0 spiro atoms. The van der Waals surface area contributed by atoms with Gasteiger partial charge in [0.25, 0.3) is 0 Å². The number of nitrogens with zero attached hydrogens (tertiary/aromatic N) is 3. The smallest absolute Gasteiger partial charge is 0.241 e. The number of aromatic nitrogens is 2. The Balaban J connectivity index is 1.85. The Morgan fingerprint density at radius 2 is 2.05 bits per heavy atom. The van der Waals surface area contributed by atoms with Crippen molar-refractivity contribution < 1.29 is 12.8 Å². The first kappa shape index (κ1) is 15.1. The molecule has 2 aromatic rings. The van der Waals surface area contributed by atoms with E-state index in [2.05, 4.69) is 9.97 Å². The summed E-state index contributed by atoms with van der Waals surface area (Å²) < 4.78 is 40.2. The quantitative estimate of drug-likeness (QED) is 0.868. The Kier molecular flexibility index (Phi) is 3.92. The summed E-state index contributed by atoms with van der Waals surface area (Å²) in [5.41, 5.74) is 0.848. The molecule has 1 aromatic carbocycles. The molecule has 22 heavy (non-hydrogen) atoms. The molecular formula is C15H16FN3O2S. The van der Waals surface area contributed by atoms with Gasteiger partial charge in [0.15, 0.2) is 0 Å². The minimum atomic E-state index is -3.82. The number of hydrogen-bond acceptors (Lipinski definition) is 4. The Labute approximate surface area is 128 Å². The standard InChI is InChI=1S/C15H16FN3O2S/c1-11-6-8-17-15(18-11)12-7-9-19(10-12)22(20,21)14-5-3-2-4-13(14)16/h2-6,8,12H,7,9-10H2,1H3. The van der Waals surface area contributed by atoms with Gasteiger partial charge < -0.3 is 0 Å². The Morgan fingerprint density at radius 3 is 2.77 bits per heavy atom. The van der Waals surface area contributed by atoms with Gasteiger partial charge >= 0.3 is 0 Å². The van der Waals surface area contributed by atoms with Crippen LogP contribution in [0, 0.1) is 12.7 Å². The molecule has 1 aromatic heterocycles. The maximum Gasteiger partial charge on any atom is 0.246 e. The highest BCUT2D eigenvalue weighted by Crippen LogP contribution is 2.30. The fourth-order valence-electron chi connectivity index (χ4n) is 2.62. The molecule has 1 atom stereocenters. The van der Waals surface area contributed by atoms with Crippen LogP contribution in [0.3, 0.4) is 0 Å². The van der Waals surface area contributed by atoms with Crippen molar-refractivity contribution in [2.75, 3.05) is 13.1 Å². The lowest BCUT2D eigenvalue weighted by molar-refractivity contribution is 0.464. The Bertz CT molecular complexity index is 795. The van der Waals surface area contributed by atoms with Crippen molar-refractivity contribution in [3.05, 3.63) is 53.9 Å². The van der Waals surface area contributed by atoms with Crippen LogP contribution in [0.15, 0.2) is 41.4 Å². The molecule has 116 valence electrons. The molecule has 1 aliphatic heterocycles. The summed E-state index contributed by atoms with van der Waals surface area (Å²) >= 11 is 0. The van der Waals surface area contributed by atoms with Crippen LogP contribution in [0.1, 0.15) is 23.9 Å². The lowest BCUT2D eigenvalue weighted by atomic mass is 10.1. The van der Waals surface area contributed by atoms with Crippen LogP contribution in [0.25, 0.3) is 0 Å². The Morgan fingerprint density at radius 1 is 1.27 bits per heavy atom. The maximum absolute atomic E-state index is 13.8. The minimum absolute atomic E-state index is 0.0542. The van der Waals surface area contributed by atoms with Crippen molar-refractivity contribution in [1.29, 1.82) is 0 Å². The zero-order chi connectivity index (χ0) is 15.7. The molecule has 1 saturated heterocycles. The highest BCUT2D eigenvalue weighted by Gasteiger charge is 2.35. The fraction of sp³-hybridized carbons (Fsp3) is 0.333. The van der Waals surface area contributed by atoms with Crippen LogP contribution in [0.5, 0.6) is 0 Å². The van der Waals surface area contributed by atoms with Gasteiger partial charge in [-0.1, -0.05) is 12.1 Å². The lowest BCUT2D eigenvalue weighted by Gasteiger charge is -2.16. The third-order valence-corrected chi connectivity index (χ3v) is 5.68. The summed E-state index contributed by atoms with van der Waals surface area (Å²) in [6.07, 6.45) is 2.31. The second-order valence-corrected chi connectivity index (χ2v) is 7.24. The van der Waals surface area contributed by atoms with Crippen LogP contribution in [0.4, 0.5) is 4.39 Å². The number of aryl methyl sites for hydroxylation is 1. The lowest BCUT2D eigenvalue weighted by Crippen LogP contribution is -2.29. The van der Waals surface area contributed by atoms with E-state index in [-0.39, 0.29) is 17.4 Å². The van der Waals surface area contributed by atoms with E-state index in [1.165, 1.54) is 22.5 Å². The number of halogens is 1. The molecule has 7 heteroatoms. The molecule has 0 saturated carbocycles. The molecule has 0 radical (unpaired) electrons. The van der Waals surface area contributed by atoms with Crippen molar-refractivity contribution in [2.45, 2.75) is 24.2 Å². The molecule has 0 N–H and O–H groups in total. The Hall–Kier alpha value is -1.86. The number of sulfonamides is 1. The first-order chi connectivity index (χ1) is 10.5. The summed E-state index contributed by atoms with van der Waals surface area (Å²) in [6, 6.07) is 7.24. The van der Waals surface area contributed by atoms with Crippen molar-refractivity contribution in [3.8, 4) is 0 Å². The zero-order valence-electron chi connectivity index (χ0n) is 12.1. The summed E-state index contributed by atoms with van der Waals surface area (Å²) in [6.45, 7) is 2.49. The first-order valence-corrected chi connectivity index (χ1v) is 8.47. The van der Waals surface area contributed by atoms with Crippen LogP contribution >= 0.6 is 0 Å². The second-order valence-electron chi connectivity index (χ2n) is 5.34. The highest BCUT2D eigenvalue weighted by molar-refractivity contribution is 7.89. The monoisotopic (exact) mass is 321 g/mol. The van der Waals surface area contributed by atoms with Crippen molar-refractivity contribution >= 4 is 10.0 Å². The van der Waals surface area contributed by atoms with Gasteiger partial charge in [-0.15, -0.1) is 0 Å². The summed E-state index contributed by atoms with van der Waals surface area (Å²) in [5, 5.41) is 0. The average Bonchev–Trinajstić information content (AvgIpc) is 2.98. The predicted molar refractivity (Wildman–Crippen MR) is 79.3 cm³/mol. The van der Waals surface area contributed by atoms with Gasteiger partial charge in [-0.3, -0.25) is 0 Å². The second kappa shape index (κ2) is 5.73. The normalized spacial score (nSPS) is 19.5. The summed E-state index contributed by atoms with van der Waals surface area (Å²) in [4.78, 5) is 8.30. The van der Waals surface area contributed by atoms with Gasteiger partial charge in [-0.2, -0.15) is 4.31 Å². The third-order valence-electron chi connectivity index (χ3n) is 3.78. The van der Waals surface area contributed by atoms with Gasteiger partial charge in [-0.25, -0.2) is 22.8 Å². The third kappa shape index (κ3) is 2.74. The maximum atomic E-state index is 13.8. The average molecular weight is 321 g/mol. The van der Waals surface area contributed by atoms with E-state index in [1.54, 1.807) is 12.3 Å². The molecule has 1 aliphatic rings. The first-order valence-electron chi connectivity index (χ1n) is 7.03. The van der Waals surface area contributed by atoms with Crippen LogP contribution in [-0.2, 0) is 10.0 Å². The van der Waals surface area contributed by atoms with E-state index in [0.29, 0.717) is 18.8 Å². The fourth-order valence-corrected chi connectivity index (χ4v) is 4.18. The van der Waals surface area contributed by atoms with Crippen LogP contribution in [-0.4, -0.2) is 35.8 Å². The predicted octanol–water partition coefficient (Wildman–Crippen LogP) is 2.10. The zero-order valence-corrected chi connectivity index (χ0v) is 12.9. The molecule has 1 unspecified atom stereocenters. The molecule has 0 bridgehead atoms. The van der Waals surface area contributed by atoms with Crippen LogP contribution in [0.2, 0.25) is 0 Å². The van der Waals surface area contributed by atoms with E-state index in [0.717, 1.165) is 11.8 Å². The number of benzene rings is 1. The molecule has 0 amide bonds. The summed E-state index contributed by atoms with van der Waals surface area (Å²) in [7, 11) is -3.82. The van der Waals surface area contributed by atoms with Gasteiger partial charge in [0.05, 0.1) is 0 Å². The summed E-state index contributed by atoms with van der Waals surface area (Å²) in [5.74, 6) is -0.134. The van der Waals surface area contributed by atoms with Crippen molar-refractivity contribution in [2.24, 2.45) is 0 Å². The minimum Gasteiger partial charge on any atom is -0.241 e. The SMILES string of the molecule is Cc1ccnc(C2CCN(S(=O)(=O)c3ccccc3F)C2)n1. The van der Waals surface area contributed by atoms with Crippen LogP contribution < -0.4 is 0 Å². The topological polar surface area (TPSA) is 63.2 Å². The van der Waals surface area contributed by atoms with Gasteiger partial charge in [-0.05, 0) is 31.5 Å². The molecule has 3 rings (SSSR count). The van der Waals surface area contributed by atoms with Gasteiger partial charge in [0.2, 0.25) is 10.0 Å². The highest BCUT2D eigenvalue weighted by atomic mass is 32.2. The molecule has 5 nitrogen and oxygen atoms in total. The van der Waals surface area contributed by atoms with Gasteiger partial charge in [0.1, 0.15) is 16.5 Å². The van der Waals surface area contributed by atoms with E-state index >= 15 is 0 Å². The van der Waals surface area contributed by atoms with Crippen molar-refractivity contribution in [3.63, 3.8) is 0 Å². The van der Waals surface area contributed by atoms with E-state index in [4.69, 9.17) is 0 Å². The van der Waals surface area contributed by atoms with E-state index in [1.807, 2.05) is 6.92 Å². The van der Waals surface area contributed by atoms with E-state index < -0.39 is 15.8 Å². The van der Waals surface area contributed by atoms with E-state index in [9.17, 15) is 12.8 Å². The largest absolute Gasteiger partial charge is 0.246 e. The van der Waals surface area contributed by atoms with Crippen molar-refractivity contribution in [1.82, 2.24) is 14.3 Å². The molecule has 0 aliphatic carbocycles. The molecular weight excluding hydrogens is 305 g/mol. The number of rotatable bonds is 3. The number of hydrogen-bond donors (Lipinski definition) is 0. The molecule has 1 fully saturated rings. The van der Waals surface area contributed by atoms with Gasteiger partial charge in [0, 0.05) is 30.9 Å².